The summed E-state index contributed by atoms with van der Waals surface area (Å²) in [6.07, 6.45) is 4.07. The van der Waals surface area contributed by atoms with Crippen LogP contribution in [0.5, 0.6) is 0 Å². The number of hydrogen-bond acceptors (Lipinski definition) is 2. The minimum Gasteiger partial charge on any atom is -0.339 e. The molecule has 0 aromatic heterocycles. The summed E-state index contributed by atoms with van der Waals surface area (Å²) in [5, 5.41) is 0. The van der Waals surface area contributed by atoms with Crippen molar-refractivity contribution in [1.82, 2.24) is 9.80 Å². The lowest BCUT2D eigenvalue weighted by Crippen LogP contribution is -2.54. The van der Waals surface area contributed by atoms with Crippen molar-refractivity contribution < 1.29 is 9.59 Å². The molecule has 0 bridgehead atoms. The normalized spacial score (nSPS) is 20.6. The van der Waals surface area contributed by atoms with Crippen LogP contribution in [0.25, 0.3) is 0 Å². The Morgan fingerprint density at radius 2 is 1.48 bits per heavy atom. The smallest absolute Gasteiger partial charge is 0.233 e. The Kier molecular flexibility index (Phi) is 4.76. The molecule has 0 N–H and O–H groups in total. The van der Waals surface area contributed by atoms with E-state index in [1.54, 1.807) is 6.92 Å². The second-order valence-corrected chi connectivity index (χ2v) is 7.51. The van der Waals surface area contributed by atoms with E-state index in [0.717, 1.165) is 35.7 Å². The fourth-order valence-electron chi connectivity index (χ4n) is 3.90. The highest BCUT2D eigenvalue weighted by atomic mass is 79.9. The molecule has 2 fully saturated rings. The number of piperazine rings is 1. The highest BCUT2D eigenvalue weighted by Crippen LogP contribution is 2.43. The second-order valence-electron chi connectivity index (χ2n) is 6.59. The monoisotopic (exact) mass is 378 g/mol. The van der Waals surface area contributed by atoms with Crippen LogP contribution >= 0.6 is 15.9 Å². The lowest BCUT2D eigenvalue weighted by atomic mass is 9.77. The van der Waals surface area contributed by atoms with Gasteiger partial charge in [-0.25, -0.2) is 0 Å². The topological polar surface area (TPSA) is 40.6 Å². The number of benzene rings is 1. The van der Waals surface area contributed by atoms with Crippen LogP contribution in [0.15, 0.2) is 28.7 Å². The first kappa shape index (κ1) is 16.5. The van der Waals surface area contributed by atoms with Crippen molar-refractivity contribution >= 4 is 27.7 Å². The van der Waals surface area contributed by atoms with Crippen molar-refractivity contribution in [1.29, 1.82) is 0 Å². The summed E-state index contributed by atoms with van der Waals surface area (Å²) < 4.78 is 1.04. The molecule has 1 saturated heterocycles. The Hall–Kier alpha value is -1.36. The van der Waals surface area contributed by atoms with Crippen molar-refractivity contribution in [3.05, 3.63) is 34.3 Å². The predicted molar refractivity (Wildman–Crippen MR) is 93.1 cm³/mol. The van der Waals surface area contributed by atoms with Crippen LogP contribution in [-0.4, -0.2) is 47.8 Å². The Labute approximate surface area is 146 Å². The van der Waals surface area contributed by atoms with Gasteiger partial charge >= 0.3 is 0 Å². The molecule has 1 aliphatic heterocycles. The van der Waals surface area contributed by atoms with Crippen LogP contribution in [0.3, 0.4) is 0 Å². The van der Waals surface area contributed by atoms with E-state index in [1.807, 2.05) is 21.9 Å². The summed E-state index contributed by atoms with van der Waals surface area (Å²) in [6, 6.07) is 8.21. The van der Waals surface area contributed by atoms with Gasteiger partial charge in [0.05, 0.1) is 5.41 Å². The first-order chi connectivity index (χ1) is 11.0. The minimum absolute atomic E-state index is 0.0978. The first-order valence-electron chi connectivity index (χ1n) is 8.34. The maximum Gasteiger partial charge on any atom is 0.233 e. The van der Waals surface area contributed by atoms with Gasteiger partial charge in [-0.3, -0.25) is 9.59 Å². The number of carbonyl (C=O) groups excluding carboxylic acids is 2. The third-order valence-corrected chi connectivity index (χ3v) is 5.80. The molecule has 2 aliphatic rings. The van der Waals surface area contributed by atoms with Gasteiger partial charge in [0.1, 0.15) is 0 Å². The quantitative estimate of drug-likeness (QED) is 0.793. The van der Waals surface area contributed by atoms with Crippen LogP contribution in [-0.2, 0) is 15.0 Å². The van der Waals surface area contributed by atoms with E-state index in [2.05, 4.69) is 28.1 Å². The zero-order valence-electron chi connectivity index (χ0n) is 13.6. The van der Waals surface area contributed by atoms with Gasteiger partial charge < -0.3 is 9.80 Å². The van der Waals surface area contributed by atoms with Crippen LogP contribution in [0, 0.1) is 0 Å². The summed E-state index contributed by atoms with van der Waals surface area (Å²) in [5.41, 5.74) is 0.774. The first-order valence-corrected chi connectivity index (χ1v) is 9.13. The Bertz CT molecular complexity index is 586. The third-order valence-electron chi connectivity index (χ3n) is 5.28. The summed E-state index contributed by atoms with van der Waals surface area (Å²) >= 11 is 3.47. The number of amides is 2. The molecule has 2 amide bonds. The van der Waals surface area contributed by atoms with E-state index in [0.29, 0.717) is 26.2 Å². The Morgan fingerprint density at radius 3 is 2.00 bits per heavy atom. The SMILES string of the molecule is CC(=O)N1CCN(C(=O)C2(c3ccc(Br)cc3)CCCC2)CC1. The lowest BCUT2D eigenvalue weighted by molar-refractivity contribution is -0.142. The predicted octanol–water partition coefficient (Wildman–Crippen LogP) is 2.95. The molecule has 23 heavy (non-hydrogen) atoms. The third kappa shape index (κ3) is 3.16. The van der Waals surface area contributed by atoms with Crippen molar-refractivity contribution in [3.63, 3.8) is 0 Å². The zero-order valence-corrected chi connectivity index (χ0v) is 15.1. The molecule has 4 nitrogen and oxygen atoms in total. The van der Waals surface area contributed by atoms with E-state index in [4.69, 9.17) is 0 Å². The van der Waals surface area contributed by atoms with Gasteiger partial charge in [-0.2, -0.15) is 0 Å². The zero-order chi connectivity index (χ0) is 16.4. The molecule has 0 spiro atoms. The highest BCUT2D eigenvalue weighted by molar-refractivity contribution is 9.10. The van der Waals surface area contributed by atoms with E-state index in [1.165, 1.54) is 0 Å². The number of nitrogens with zero attached hydrogens (tertiary/aromatic N) is 2. The minimum atomic E-state index is -0.362. The van der Waals surface area contributed by atoms with Crippen molar-refractivity contribution in [2.75, 3.05) is 26.2 Å². The van der Waals surface area contributed by atoms with E-state index >= 15 is 0 Å². The molecule has 0 atom stereocenters. The van der Waals surface area contributed by atoms with Crippen molar-refractivity contribution in [2.45, 2.75) is 38.0 Å². The molecule has 3 rings (SSSR count). The molecule has 0 unspecified atom stereocenters. The summed E-state index contributed by atoms with van der Waals surface area (Å²) in [6.45, 7) is 4.19. The van der Waals surface area contributed by atoms with Crippen molar-refractivity contribution in [2.24, 2.45) is 0 Å². The number of halogens is 1. The van der Waals surface area contributed by atoms with E-state index in [9.17, 15) is 9.59 Å². The molecule has 1 saturated carbocycles. The van der Waals surface area contributed by atoms with E-state index in [-0.39, 0.29) is 17.2 Å². The van der Waals surface area contributed by atoms with Gasteiger partial charge in [-0.1, -0.05) is 40.9 Å². The summed E-state index contributed by atoms with van der Waals surface area (Å²) in [4.78, 5) is 28.6. The van der Waals surface area contributed by atoms with Gasteiger partial charge in [0.2, 0.25) is 11.8 Å². The molecule has 1 aliphatic carbocycles. The van der Waals surface area contributed by atoms with Crippen LogP contribution in [0.2, 0.25) is 0 Å². The van der Waals surface area contributed by atoms with Crippen LogP contribution in [0.1, 0.15) is 38.2 Å². The van der Waals surface area contributed by atoms with Crippen LogP contribution < -0.4 is 0 Å². The molecule has 5 heteroatoms. The number of rotatable bonds is 2. The fourth-order valence-corrected chi connectivity index (χ4v) is 4.16. The van der Waals surface area contributed by atoms with Gasteiger partial charge in [0.15, 0.2) is 0 Å². The van der Waals surface area contributed by atoms with E-state index < -0.39 is 0 Å². The maximum atomic E-state index is 13.3. The average Bonchev–Trinajstić information content (AvgIpc) is 3.06. The van der Waals surface area contributed by atoms with Gasteiger partial charge in [0.25, 0.3) is 0 Å². The molecule has 1 aromatic carbocycles. The molecule has 1 heterocycles. The largest absolute Gasteiger partial charge is 0.339 e. The average molecular weight is 379 g/mol. The standard InChI is InChI=1S/C18H23BrN2O2/c1-14(22)20-10-12-21(13-11-20)17(23)18(8-2-3-9-18)15-4-6-16(19)7-5-15/h4-7H,2-3,8-13H2,1H3. The Balaban J connectivity index is 1.80. The molecule has 0 radical (unpaired) electrons. The molecular weight excluding hydrogens is 356 g/mol. The Morgan fingerprint density at radius 1 is 0.957 bits per heavy atom. The molecule has 1 aromatic rings. The van der Waals surface area contributed by atoms with Crippen molar-refractivity contribution in [3.8, 4) is 0 Å². The molecule has 124 valence electrons. The fraction of sp³-hybridized carbons (Fsp3) is 0.556. The summed E-state index contributed by atoms with van der Waals surface area (Å²) in [5.74, 6) is 0.348. The number of carbonyl (C=O) groups is 2. The van der Waals surface area contributed by atoms with Gasteiger partial charge in [0, 0.05) is 37.6 Å². The van der Waals surface area contributed by atoms with Gasteiger partial charge in [-0.05, 0) is 30.5 Å². The summed E-state index contributed by atoms with van der Waals surface area (Å²) in [7, 11) is 0. The molecular formula is C18H23BrN2O2. The maximum absolute atomic E-state index is 13.3. The van der Waals surface area contributed by atoms with Gasteiger partial charge in [-0.15, -0.1) is 0 Å². The number of hydrogen-bond donors (Lipinski definition) is 0. The second kappa shape index (κ2) is 6.63. The lowest BCUT2D eigenvalue weighted by Gasteiger charge is -2.40. The highest BCUT2D eigenvalue weighted by Gasteiger charge is 2.45. The van der Waals surface area contributed by atoms with Crippen LogP contribution in [0.4, 0.5) is 0 Å².